The molecule has 0 N–H and O–H groups in total. The Bertz CT molecular complexity index is 1090. The van der Waals surface area contributed by atoms with Crippen molar-refractivity contribution in [2.75, 3.05) is 6.61 Å². The van der Waals surface area contributed by atoms with Gasteiger partial charge in [-0.2, -0.15) is 0 Å². The summed E-state index contributed by atoms with van der Waals surface area (Å²) in [6.45, 7) is 1.70. The Morgan fingerprint density at radius 2 is 1.32 bits per heavy atom. The average molecular weight is 404 g/mol. The van der Waals surface area contributed by atoms with Crippen molar-refractivity contribution in [3.05, 3.63) is 55.7 Å². The number of carboxylic acids is 2. The molecule has 0 atom stereocenters. The number of ether oxygens (including phenoxy) is 1. The minimum Gasteiger partial charge on any atom is -0.542 e. The second-order valence-electron chi connectivity index (χ2n) is 5.27. The van der Waals surface area contributed by atoms with Gasteiger partial charge < -0.3 is 33.4 Å². The first-order valence-electron chi connectivity index (χ1n) is 7.41. The van der Waals surface area contributed by atoms with Gasteiger partial charge in [-0.05, 0) is 13.0 Å². The van der Waals surface area contributed by atoms with E-state index >= 15 is 0 Å². The third-order valence-corrected chi connectivity index (χ3v) is 3.66. The van der Waals surface area contributed by atoms with Crippen molar-refractivity contribution in [3.63, 3.8) is 0 Å². The molecule has 3 aromatic rings. The minimum atomic E-state index is -1.71. The van der Waals surface area contributed by atoms with Crippen molar-refractivity contribution in [1.29, 1.82) is 0 Å². The summed E-state index contributed by atoms with van der Waals surface area (Å²) in [6.07, 6.45) is 0. The van der Waals surface area contributed by atoms with Crippen LogP contribution in [0.15, 0.2) is 36.6 Å². The van der Waals surface area contributed by atoms with E-state index in [9.17, 15) is 29.4 Å². The van der Waals surface area contributed by atoms with Gasteiger partial charge in [0.15, 0.2) is 22.4 Å². The van der Waals surface area contributed by atoms with Gasteiger partial charge in [-0.25, -0.2) is 0 Å². The predicted octanol–water partition coefficient (Wildman–Crippen LogP) is -6.83. The van der Waals surface area contributed by atoms with E-state index in [2.05, 4.69) is 0 Å². The fourth-order valence-electron chi connectivity index (χ4n) is 2.51. The largest absolute Gasteiger partial charge is 1.00 e. The summed E-state index contributed by atoms with van der Waals surface area (Å²) in [7, 11) is 0. The molecule has 9 nitrogen and oxygen atoms in total. The van der Waals surface area contributed by atoms with Gasteiger partial charge in [0, 0.05) is 18.7 Å². The summed E-state index contributed by atoms with van der Waals surface area (Å²) >= 11 is 0. The topological polar surface area (TPSA) is 150 Å². The van der Waals surface area contributed by atoms with Crippen LogP contribution in [0, 0.1) is 0 Å². The Morgan fingerprint density at radius 1 is 0.893 bits per heavy atom. The Morgan fingerprint density at radius 3 is 1.68 bits per heavy atom. The van der Waals surface area contributed by atoms with Gasteiger partial charge in [0.05, 0.1) is 22.9 Å². The monoisotopic (exact) mass is 404 g/mol. The summed E-state index contributed by atoms with van der Waals surface area (Å²) in [5.41, 5.74) is -1.80. The van der Waals surface area contributed by atoms with Crippen molar-refractivity contribution < 1.29 is 92.5 Å². The Balaban J connectivity index is 0.00000196. The number of carbonyl (C=O) groups is 2. The number of carbonyl (C=O) groups excluding carboxylic acids is 2. The molecule has 0 unspecified atom stereocenters. The van der Waals surface area contributed by atoms with E-state index in [0.29, 0.717) is 0 Å². The number of benzene rings is 1. The molecule has 28 heavy (non-hydrogen) atoms. The first-order valence-corrected chi connectivity index (χ1v) is 7.41. The second kappa shape index (κ2) is 9.84. The van der Waals surface area contributed by atoms with Crippen LogP contribution >= 0.6 is 0 Å². The number of hydrogen-bond acceptors (Lipinski definition) is 9. The molecule has 0 amide bonds. The zero-order valence-corrected chi connectivity index (χ0v) is 19.3. The normalized spacial score (nSPS) is 10.3. The zero-order valence-electron chi connectivity index (χ0n) is 15.3. The Kier molecular flexibility index (Phi) is 8.64. The van der Waals surface area contributed by atoms with E-state index in [1.54, 1.807) is 6.92 Å². The summed E-state index contributed by atoms with van der Waals surface area (Å²) < 4.78 is 15.7. The van der Waals surface area contributed by atoms with Crippen LogP contribution in [-0.2, 0) is 11.3 Å². The molecule has 2 aromatic heterocycles. The molecule has 0 aliphatic rings. The molecule has 11 heteroatoms. The van der Waals surface area contributed by atoms with Crippen LogP contribution in [-0.4, -0.2) is 18.5 Å². The second-order valence-corrected chi connectivity index (χ2v) is 5.27. The van der Waals surface area contributed by atoms with Crippen molar-refractivity contribution >= 4 is 33.9 Å². The van der Waals surface area contributed by atoms with E-state index in [4.69, 9.17) is 13.6 Å². The Labute approximate surface area is 200 Å². The van der Waals surface area contributed by atoms with Crippen LogP contribution in [0.5, 0.6) is 0 Å². The smallest absolute Gasteiger partial charge is 0.542 e. The first kappa shape index (κ1) is 24.6. The van der Waals surface area contributed by atoms with Crippen LogP contribution in [0.2, 0.25) is 0 Å². The number of hydrogen-bond donors (Lipinski definition) is 0. The van der Waals surface area contributed by atoms with E-state index in [-0.39, 0.29) is 99.8 Å². The quantitative estimate of drug-likeness (QED) is 0.299. The molecule has 2 heterocycles. The van der Waals surface area contributed by atoms with Crippen molar-refractivity contribution in [2.45, 2.75) is 13.5 Å². The summed E-state index contributed by atoms with van der Waals surface area (Å²) in [5, 5.41) is 21.9. The third-order valence-electron chi connectivity index (χ3n) is 3.66. The molecule has 0 radical (unpaired) electrons. The van der Waals surface area contributed by atoms with Crippen LogP contribution < -0.4 is 80.2 Å². The summed E-state index contributed by atoms with van der Waals surface area (Å²) in [4.78, 5) is 46.6. The van der Waals surface area contributed by atoms with Gasteiger partial charge in [-0.3, -0.25) is 9.59 Å². The van der Waals surface area contributed by atoms with E-state index in [1.165, 1.54) is 0 Å². The predicted molar refractivity (Wildman–Crippen MR) is 82.5 cm³/mol. The molecule has 0 bridgehead atoms. The molecule has 134 valence electrons. The SMILES string of the molecule is CCOCc1c2oc(C(=O)[O-])cc(=O)c2cc2c(=O)cc(C(=O)[O-])oc12.[Na+].[Na+]. The van der Waals surface area contributed by atoms with Gasteiger partial charge in [0.1, 0.15) is 23.1 Å². The summed E-state index contributed by atoms with van der Waals surface area (Å²) in [6, 6.07) is 2.60. The van der Waals surface area contributed by atoms with Crippen molar-refractivity contribution in [3.8, 4) is 0 Å². The molecular weight excluding hydrogens is 394 g/mol. The fraction of sp³-hybridized carbons (Fsp3) is 0.176. The number of aromatic carboxylic acids is 2. The van der Waals surface area contributed by atoms with E-state index < -0.39 is 34.3 Å². The van der Waals surface area contributed by atoms with Crippen molar-refractivity contribution in [2.24, 2.45) is 0 Å². The van der Waals surface area contributed by atoms with Gasteiger partial charge in [-0.1, -0.05) is 0 Å². The van der Waals surface area contributed by atoms with Gasteiger partial charge >= 0.3 is 59.1 Å². The maximum absolute atomic E-state index is 12.2. The van der Waals surface area contributed by atoms with Crippen LogP contribution in [0.25, 0.3) is 21.9 Å². The maximum Gasteiger partial charge on any atom is 1.00 e. The number of fused-ring (bicyclic) bond motifs is 2. The van der Waals surface area contributed by atoms with Crippen LogP contribution in [0.1, 0.15) is 33.6 Å². The molecule has 0 aliphatic carbocycles. The number of rotatable bonds is 5. The fourth-order valence-corrected chi connectivity index (χ4v) is 2.51. The molecule has 1 aromatic carbocycles. The third kappa shape index (κ3) is 4.57. The van der Waals surface area contributed by atoms with E-state index in [1.807, 2.05) is 0 Å². The first-order chi connectivity index (χ1) is 12.3. The van der Waals surface area contributed by atoms with Gasteiger partial charge in [0.2, 0.25) is 0 Å². The molecule has 3 rings (SSSR count). The molecule has 0 saturated carbocycles. The summed E-state index contributed by atoms with van der Waals surface area (Å²) in [5.74, 6) is -4.87. The molecule has 0 spiro atoms. The molecular formula is C17H10Na2O9. The van der Waals surface area contributed by atoms with Crippen LogP contribution in [0.4, 0.5) is 0 Å². The molecule has 0 saturated heterocycles. The molecule has 0 fully saturated rings. The standard InChI is InChI=1S/C17H12O9.2Na/c1-2-24-6-9-14-7(10(18)4-12(25-14)16(20)21)3-8-11(19)5-13(17(22)23)26-15(8)9;;/h3-5H,2,6H2,1H3,(H,20,21)(H,22,23);;/q;2*+1/p-2. The Hall–Kier alpha value is -1.46. The van der Waals surface area contributed by atoms with Gasteiger partial charge in [0.25, 0.3) is 0 Å². The van der Waals surface area contributed by atoms with E-state index in [0.717, 1.165) is 18.2 Å². The molecule has 0 aliphatic heterocycles. The minimum absolute atomic E-state index is 0. The number of carboxylic acid groups (broad SMARTS) is 2. The van der Waals surface area contributed by atoms with Crippen LogP contribution in [0.3, 0.4) is 0 Å². The maximum atomic E-state index is 12.2. The van der Waals surface area contributed by atoms with Gasteiger partial charge in [-0.15, -0.1) is 0 Å². The van der Waals surface area contributed by atoms with Crippen molar-refractivity contribution in [1.82, 2.24) is 0 Å². The average Bonchev–Trinajstić information content (AvgIpc) is 2.59. The zero-order chi connectivity index (χ0) is 19.0.